The molecule has 0 radical (unpaired) electrons. The largest absolute Gasteiger partial charge is 0.350 e. The van der Waals surface area contributed by atoms with Gasteiger partial charge in [-0.25, -0.2) is 4.68 Å². The molecule has 1 unspecified atom stereocenters. The van der Waals surface area contributed by atoms with Crippen LogP contribution in [0.25, 0.3) is 11.1 Å². The second kappa shape index (κ2) is 10.0. The maximum Gasteiger partial charge on any atom is 0.267 e. The number of hydrogen-bond acceptors (Lipinski definition) is 4. The number of rotatable bonds is 7. The molecule has 6 nitrogen and oxygen atoms in total. The molecule has 1 aromatic carbocycles. The number of carbonyl (C=O) groups excluding carboxylic acids is 1. The number of hydrogen-bond donors (Lipinski definition) is 1. The second-order valence-electron chi connectivity index (χ2n) is 9.44. The lowest BCUT2D eigenvalue weighted by Gasteiger charge is -2.32. The van der Waals surface area contributed by atoms with E-state index in [4.69, 9.17) is 0 Å². The van der Waals surface area contributed by atoms with Gasteiger partial charge >= 0.3 is 0 Å². The minimum absolute atomic E-state index is 0.0406. The van der Waals surface area contributed by atoms with Crippen molar-refractivity contribution in [2.45, 2.75) is 70.9 Å². The highest BCUT2D eigenvalue weighted by Gasteiger charge is 2.25. The standard InChI is InChI=1S/C25H33IN4O2/c1-4-29-9-5-6-21(14-29)27-23(31)15-30-24(32)13-22(25(28-30)16(2)3)19-10-18(17-7-8-17)11-20(26)12-19/h10-13,16-17,21H,4-9,14-15H2,1-3H3,(H,27,31). The summed E-state index contributed by atoms with van der Waals surface area (Å²) in [6.45, 7) is 9.22. The zero-order valence-electron chi connectivity index (χ0n) is 19.2. The smallest absolute Gasteiger partial charge is 0.267 e. The van der Waals surface area contributed by atoms with E-state index in [1.54, 1.807) is 6.07 Å². The van der Waals surface area contributed by atoms with E-state index in [2.05, 4.69) is 76.9 Å². The first kappa shape index (κ1) is 23.4. The molecule has 1 aliphatic heterocycles. The van der Waals surface area contributed by atoms with Crippen LogP contribution in [0, 0.1) is 3.57 Å². The van der Waals surface area contributed by atoms with Crippen molar-refractivity contribution in [3.63, 3.8) is 0 Å². The highest BCUT2D eigenvalue weighted by molar-refractivity contribution is 14.1. The molecule has 1 amide bonds. The predicted octanol–water partition coefficient (Wildman–Crippen LogP) is 4.12. The Kier molecular flexibility index (Phi) is 7.34. The SMILES string of the molecule is CCN1CCCC(NC(=O)Cn2nc(C(C)C)c(-c3cc(I)cc(C4CC4)c3)cc2=O)C1. The molecule has 7 heteroatoms. The van der Waals surface area contributed by atoms with Crippen molar-refractivity contribution in [2.75, 3.05) is 19.6 Å². The fourth-order valence-electron chi connectivity index (χ4n) is 4.57. The van der Waals surface area contributed by atoms with Crippen LogP contribution in [-0.2, 0) is 11.3 Å². The quantitative estimate of drug-likeness (QED) is 0.529. The van der Waals surface area contributed by atoms with Gasteiger partial charge in [-0.15, -0.1) is 0 Å². The number of likely N-dealkylation sites (tertiary alicyclic amines) is 1. The lowest BCUT2D eigenvalue weighted by Crippen LogP contribution is -2.48. The number of likely N-dealkylation sites (N-methyl/N-ethyl adjacent to an activating group) is 1. The van der Waals surface area contributed by atoms with E-state index in [0.717, 1.165) is 49.3 Å². The summed E-state index contributed by atoms with van der Waals surface area (Å²) in [5.41, 5.74) is 3.90. The van der Waals surface area contributed by atoms with Gasteiger partial charge in [0.15, 0.2) is 0 Å². The lowest BCUT2D eigenvalue weighted by molar-refractivity contribution is -0.123. The van der Waals surface area contributed by atoms with Crippen LogP contribution in [0.4, 0.5) is 0 Å². The Morgan fingerprint density at radius 3 is 2.69 bits per heavy atom. The second-order valence-corrected chi connectivity index (χ2v) is 10.7. The molecule has 2 fully saturated rings. The minimum Gasteiger partial charge on any atom is -0.350 e. The van der Waals surface area contributed by atoms with Gasteiger partial charge in [0, 0.05) is 27.8 Å². The molecule has 4 rings (SSSR count). The first-order valence-corrected chi connectivity index (χ1v) is 12.9. The van der Waals surface area contributed by atoms with Gasteiger partial charge in [-0.2, -0.15) is 5.10 Å². The monoisotopic (exact) mass is 548 g/mol. The van der Waals surface area contributed by atoms with Crippen molar-refractivity contribution in [2.24, 2.45) is 0 Å². The van der Waals surface area contributed by atoms with Gasteiger partial charge in [0.1, 0.15) is 6.54 Å². The van der Waals surface area contributed by atoms with Gasteiger partial charge in [-0.05, 0) is 96.5 Å². The molecule has 1 aromatic heterocycles. The fraction of sp³-hybridized carbons (Fsp3) is 0.560. The van der Waals surface area contributed by atoms with E-state index in [1.807, 2.05) is 0 Å². The number of aromatic nitrogens is 2. The van der Waals surface area contributed by atoms with E-state index < -0.39 is 0 Å². The molecule has 2 heterocycles. The molecule has 1 saturated heterocycles. The minimum atomic E-state index is -0.231. The normalized spacial score (nSPS) is 19.3. The lowest BCUT2D eigenvalue weighted by atomic mass is 9.96. The molecule has 1 aliphatic carbocycles. The third-order valence-electron chi connectivity index (χ3n) is 6.46. The predicted molar refractivity (Wildman–Crippen MR) is 136 cm³/mol. The van der Waals surface area contributed by atoms with Gasteiger partial charge in [-0.1, -0.05) is 26.8 Å². The highest BCUT2D eigenvalue weighted by atomic mass is 127. The van der Waals surface area contributed by atoms with Crippen LogP contribution < -0.4 is 10.9 Å². The van der Waals surface area contributed by atoms with E-state index >= 15 is 0 Å². The summed E-state index contributed by atoms with van der Waals surface area (Å²) in [5, 5.41) is 7.77. The van der Waals surface area contributed by atoms with Crippen LogP contribution in [0.5, 0.6) is 0 Å². The van der Waals surface area contributed by atoms with E-state index in [9.17, 15) is 9.59 Å². The first-order valence-electron chi connectivity index (χ1n) is 11.8. The molecule has 2 aromatic rings. The van der Waals surface area contributed by atoms with Crippen molar-refractivity contribution in [1.82, 2.24) is 20.0 Å². The number of carbonyl (C=O) groups is 1. The van der Waals surface area contributed by atoms with Crippen LogP contribution in [0.1, 0.15) is 69.5 Å². The molecule has 172 valence electrons. The molecule has 1 saturated carbocycles. The van der Waals surface area contributed by atoms with E-state index in [-0.39, 0.29) is 30.0 Å². The number of piperidine rings is 1. The van der Waals surface area contributed by atoms with Crippen molar-refractivity contribution < 1.29 is 4.79 Å². The molecular formula is C25H33IN4O2. The Morgan fingerprint density at radius 1 is 1.22 bits per heavy atom. The Balaban J connectivity index is 1.57. The summed E-state index contributed by atoms with van der Waals surface area (Å²) >= 11 is 2.35. The van der Waals surface area contributed by atoms with Crippen LogP contribution in [-0.4, -0.2) is 46.3 Å². The first-order chi connectivity index (χ1) is 15.3. The maximum absolute atomic E-state index is 12.9. The van der Waals surface area contributed by atoms with Gasteiger partial charge in [0.05, 0.1) is 5.69 Å². The van der Waals surface area contributed by atoms with Crippen LogP contribution in [0.15, 0.2) is 29.1 Å². The molecular weight excluding hydrogens is 515 g/mol. The van der Waals surface area contributed by atoms with Gasteiger partial charge in [-0.3, -0.25) is 9.59 Å². The maximum atomic E-state index is 12.9. The molecule has 0 spiro atoms. The molecule has 1 atom stereocenters. The van der Waals surface area contributed by atoms with Crippen LogP contribution >= 0.6 is 22.6 Å². The molecule has 1 N–H and O–H groups in total. The fourth-order valence-corrected chi connectivity index (χ4v) is 5.26. The Bertz CT molecular complexity index is 1040. The van der Waals surface area contributed by atoms with Crippen molar-refractivity contribution in [3.8, 4) is 11.1 Å². The molecule has 32 heavy (non-hydrogen) atoms. The summed E-state index contributed by atoms with van der Waals surface area (Å²) in [7, 11) is 0. The van der Waals surface area contributed by atoms with Crippen LogP contribution in [0.2, 0.25) is 0 Å². The highest BCUT2D eigenvalue weighted by Crippen LogP contribution is 2.42. The van der Waals surface area contributed by atoms with Gasteiger partial charge in [0.25, 0.3) is 5.56 Å². The van der Waals surface area contributed by atoms with Crippen molar-refractivity contribution in [1.29, 1.82) is 0 Å². The van der Waals surface area contributed by atoms with Gasteiger partial charge < -0.3 is 10.2 Å². The number of nitrogens with one attached hydrogen (secondary N) is 1. The summed E-state index contributed by atoms with van der Waals surface area (Å²) < 4.78 is 2.50. The zero-order valence-corrected chi connectivity index (χ0v) is 21.4. The Hall–Kier alpha value is -1.74. The van der Waals surface area contributed by atoms with E-state index in [1.165, 1.54) is 26.7 Å². The van der Waals surface area contributed by atoms with E-state index in [0.29, 0.717) is 5.92 Å². The number of amides is 1. The van der Waals surface area contributed by atoms with Crippen LogP contribution in [0.3, 0.4) is 0 Å². The number of nitrogens with zero attached hydrogens (tertiary/aromatic N) is 3. The zero-order chi connectivity index (χ0) is 22.8. The summed E-state index contributed by atoms with van der Waals surface area (Å²) in [6.07, 6.45) is 4.55. The average molecular weight is 548 g/mol. The Morgan fingerprint density at radius 2 is 2.00 bits per heavy atom. The number of benzene rings is 1. The summed E-state index contributed by atoms with van der Waals surface area (Å²) in [4.78, 5) is 28.0. The number of halogens is 1. The third-order valence-corrected chi connectivity index (χ3v) is 7.09. The average Bonchev–Trinajstić information content (AvgIpc) is 3.60. The molecule has 2 aliphatic rings. The molecule has 0 bridgehead atoms. The third kappa shape index (κ3) is 5.60. The van der Waals surface area contributed by atoms with Gasteiger partial charge in [0.2, 0.25) is 5.91 Å². The summed E-state index contributed by atoms with van der Waals surface area (Å²) in [6, 6.07) is 8.37. The Labute approximate surface area is 203 Å². The van der Waals surface area contributed by atoms with Crippen molar-refractivity contribution >= 4 is 28.5 Å². The van der Waals surface area contributed by atoms with Crippen molar-refractivity contribution in [3.05, 3.63) is 49.4 Å². The topological polar surface area (TPSA) is 67.2 Å². The summed E-state index contributed by atoms with van der Waals surface area (Å²) in [5.74, 6) is 0.639.